The molecular weight excluding hydrogens is 356 g/mol. The standard InChI is InChI=1S/C14H14BrClN4O/c15-10-4-2-1-3-9(10)11-7-20(5-6-21-11)14-12(16)13(17)18-8-19-14/h1-4,8,11H,5-7H2,(H2,17,18,19). The van der Waals surface area contributed by atoms with E-state index in [9.17, 15) is 0 Å². The molecule has 7 heteroatoms. The van der Waals surface area contributed by atoms with Gasteiger partial charge in [-0.2, -0.15) is 0 Å². The Labute approximate surface area is 136 Å². The van der Waals surface area contributed by atoms with E-state index in [0.29, 0.717) is 29.8 Å². The SMILES string of the molecule is Nc1ncnc(N2CCOC(c3ccccc3Br)C2)c1Cl. The van der Waals surface area contributed by atoms with Gasteiger partial charge in [-0.1, -0.05) is 45.7 Å². The van der Waals surface area contributed by atoms with Crippen molar-refractivity contribution >= 4 is 39.2 Å². The summed E-state index contributed by atoms with van der Waals surface area (Å²) in [6.07, 6.45) is 1.39. The first-order valence-electron chi connectivity index (χ1n) is 6.53. The molecule has 1 atom stereocenters. The van der Waals surface area contributed by atoms with E-state index >= 15 is 0 Å². The van der Waals surface area contributed by atoms with Gasteiger partial charge in [0.2, 0.25) is 0 Å². The van der Waals surface area contributed by atoms with Crippen LogP contribution in [0.15, 0.2) is 35.1 Å². The number of ether oxygens (including phenoxy) is 1. The van der Waals surface area contributed by atoms with Crippen molar-refractivity contribution in [3.63, 3.8) is 0 Å². The van der Waals surface area contributed by atoms with Crippen LogP contribution < -0.4 is 10.6 Å². The Morgan fingerprint density at radius 2 is 2.14 bits per heavy atom. The Morgan fingerprint density at radius 3 is 2.95 bits per heavy atom. The first-order valence-corrected chi connectivity index (χ1v) is 7.71. The summed E-state index contributed by atoms with van der Waals surface area (Å²) < 4.78 is 6.91. The number of hydrogen-bond acceptors (Lipinski definition) is 5. The topological polar surface area (TPSA) is 64.3 Å². The summed E-state index contributed by atoms with van der Waals surface area (Å²) >= 11 is 9.77. The van der Waals surface area contributed by atoms with Gasteiger partial charge in [0, 0.05) is 17.6 Å². The maximum absolute atomic E-state index is 6.21. The average molecular weight is 370 g/mol. The van der Waals surface area contributed by atoms with Crippen molar-refractivity contribution in [1.82, 2.24) is 9.97 Å². The van der Waals surface area contributed by atoms with E-state index in [1.807, 2.05) is 24.3 Å². The molecule has 2 aromatic rings. The molecule has 1 saturated heterocycles. The summed E-state index contributed by atoms with van der Waals surface area (Å²) in [5.41, 5.74) is 6.86. The molecule has 0 saturated carbocycles. The Balaban J connectivity index is 1.86. The third-order valence-corrected chi connectivity index (χ3v) is 4.50. The molecule has 3 rings (SSSR count). The predicted molar refractivity (Wildman–Crippen MR) is 86.5 cm³/mol. The molecule has 0 aliphatic carbocycles. The number of nitrogens with two attached hydrogens (primary N) is 1. The van der Waals surface area contributed by atoms with Crippen molar-refractivity contribution in [2.24, 2.45) is 0 Å². The largest absolute Gasteiger partial charge is 0.382 e. The molecule has 0 spiro atoms. The molecule has 2 heterocycles. The molecule has 1 aliphatic heterocycles. The number of benzene rings is 1. The minimum Gasteiger partial charge on any atom is -0.382 e. The minimum atomic E-state index is -0.0402. The molecule has 0 radical (unpaired) electrons. The Kier molecular flexibility index (Phi) is 4.28. The molecule has 1 fully saturated rings. The van der Waals surface area contributed by atoms with E-state index < -0.39 is 0 Å². The highest BCUT2D eigenvalue weighted by molar-refractivity contribution is 9.10. The second-order valence-electron chi connectivity index (χ2n) is 4.72. The van der Waals surface area contributed by atoms with Gasteiger partial charge >= 0.3 is 0 Å². The van der Waals surface area contributed by atoms with Gasteiger partial charge in [-0.3, -0.25) is 0 Å². The number of aromatic nitrogens is 2. The predicted octanol–water partition coefficient (Wildman–Crippen LogP) is 3.05. The lowest BCUT2D eigenvalue weighted by atomic mass is 10.1. The maximum atomic E-state index is 6.21. The molecular formula is C14H14BrClN4O. The van der Waals surface area contributed by atoms with Crippen molar-refractivity contribution < 1.29 is 4.74 Å². The number of hydrogen-bond donors (Lipinski definition) is 1. The molecule has 2 N–H and O–H groups in total. The molecule has 1 unspecified atom stereocenters. The number of rotatable bonds is 2. The zero-order chi connectivity index (χ0) is 14.8. The van der Waals surface area contributed by atoms with E-state index in [-0.39, 0.29) is 6.10 Å². The van der Waals surface area contributed by atoms with Crippen LogP contribution in [0.1, 0.15) is 11.7 Å². The highest BCUT2D eigenvalue weighted by Crippen LogP contribution is 2.33. The lowest BCUT2D eigenvalue weighted by Gasteiger charge is -2.34. The van der Waals surface area contributed by atoms with Gasteiger partial charge in [0.1, 0.15) is 23.3 Å². The summed E-state index contributed by atoms with van der Waals surface area (Å²) in [7, 11) is 0. The number of halogens is 2. The quantitative estimate of drug-likeness (QED) is 0.881. The molecule has 21 heavy (non-hydrogen) atoms. The van der Waals surface area contributed by atoms with Crippen LogP contribution in [0.2, 0.25) is 5.02 Å². The highest BCUT2D eigenvalue weighted by Gasteiger charge is 2.26. The van der Waals surface area contributed by atoms with Crippen molar-refractivity contribution in [2.45, 2.75) is 6.10 Å². The van der Waals surface area contributed by atoms with Crippen LogP contribution in [-0.2, 0) is 4.74 Å². The van der Waals surface area contributed by atoms with Crippen molar-refractivity contribution in [2.75, 3.05) is 30.3 Å². The number of morpholine rings is 1. The fourth-order valence-corrected chi connectivity index (χ4v) is 3.12. The van der Waals surface area contributed by atoms with Gasteiger partial charge in [-0.05, 0) is 11.6 Å². The third-order valence-electron chi connectivity index (χ3n) is 3.42. The van der Waals surface area contributed by atoms with E-state index in [1.165, 1.54) is 6.33 Å². The van der Waals surface area contributed by atoms with Crippen LogP contribution >= 0.6 is 27.5 Å². The molecule has 0 amide bonds. The van der Waals surface area contributed by atoms with Crippen LogP contribution in [0.25, 0.3) is 0 Å². The minimum absolute atomic E-state index is 0.0402. The molecule has 5 nitrogen and oxygen atoms in total. The van der Waals surface area contributed by atoms with Gasteiger partial charge in [0.25, 0.3) is 0 Å². The van der Waals surface area contributed by atoms with Gasteiger partial charge in [-0.25, -0.2) is 9.97 Å². The number of anilines is 2. The van der Waals surface area contributed by atoms with Crippen LogP contribution in [0.3, 0.4) is 0 Å². The monoisotopic (exact) mass is 368 g/mol. The van der Waals surface area contributed by atoms with Gasteiger partial charge < -0.3 is 15.4 Å². The van der Waals surface area contributed by atoms with Crippen LogP contribution in [-0.4, -0.2) is 29.7 Å². The fraction of sp³-hybridized carbons (Fsp3) is 0.286. The van der Waals surface area contributed by atoms with Gasteiger partial charge in [0.05, 0.1) is 6.61 Å². The second-order valence-corrected chi connectivity index (χ2v) is 5.96. The van der Waals surface area contributed by atoms with Crippen molar-refractivity contribution in [3.8, 4) is 0 Å². The molecule has 110 valence electrons. The zero-order valence-corrected chi connectivity index (χ0v) is 13.5. The molecule has 1 aliphatic rings. The van der Waals surface area contributed by atoms with Crippen LogP contribution in [0, 0.1) is 0 Å². The van der Waals surface area contributed by atoms with Gasteiger partial charge in [-0.15, -0.1) is 0 Å². The van der Waals surface area contributed by atoms with Gasteiger partial charge in [0.15, 0.2) is 5.82 Å². The number of nitrogens with zero attached hydrogens (tertiary/aromatic N) is 3. The van der Waals surface area contributed by atoms with Crippen molar-refractivity contribution in [1.29, 1.82) is 0 Å². The Hall–Kier alpha value is -1.37. The first-order chi connectivity index (χ1) is 10.2. The van der Waals surface area contributed by atoms with E-state index in [2.05, 4.69) is 30.8 Å². The fourth-order valence-electron chi connectivity index (χ4n) is 2.36. The van der Waals surface area contributed by atoms with E-state index in [1.54, 1.807) is 0 Å². The molecule has 1 aromatic carbocycles. The highest BCUT2D eigenvalue weighted by atomic mass is 79.9. The number of nitrogen functional groups attached to an aromatic ring is 1. The average Bonchev–Trinajstić information content (AvgIpc) is 2.51. The smallest absolute Gasteiger partial charge is 0.153 e. The lowest BCUT2D eigenvalue weighted by molar-refractivity contribution is 0.0391. The normalized spacial score (nSPS) is 18.8. The van der Waals surface area contributed by atoms with Crippen LogP contribution in [0.4, 0.5) is 11.6 Å². The Morgan fingerprint density at radius 1 is 1.33 bits per heavy atom. The summed E-state index contributed by atoms with van der Waals surface area (Å²) in [6, 6.07) is 8.04. The molecule has 0 bridgehead atoms. The zero-order valence-electron chi connectivity index (χ0n) is 11.2. The summed E-state index contributed by atoms with van der Waals surface area (Å²) in [5, 5.41) is 0.394. The second kappa shape index (κ2) is 6.17. The Bertz CT molecular complexity index is 655. The maximum Gasteiger partial charge on any atom is 0.153 e. The summed E-state index contributed by atoms with van der Waals surface area (Å²) in [4.78, 5) is 10.2. The van der Waals surface area contributed by atoms with Crippen LogP contribution in [0.5, 0.6) is 0 Å². The first kappa shape index (κ1) is 14.6. The lowest BCUT2D eigenvalue weighted by Crippen LogP contribution is -2.39. The van der Waals surface area contributed by atoms with Crippen molar-refractivity contribution in [3.05, 3.63) is 45.7 Å². The van der Waals surface area contributed by atoms with E-state index in [4.69, 9.17) is 22.1 Å². The third kappa shape index (κ3) is 2.97. The summed E-state index contributed by atoms with van der Waals surface area (Å²) in [5.74, 6) is 0.954. The van der Waals surface area contributed by atoms with E-state index in [0.717, 1.165) is 16.6 Å². The molecule has 1 aromatic heterocycles. The summed E-state index contributed by atoms with van der Waals surface area (Å²) in [6.45, 7) is 1.99.